The van der Waals surface area contributed by atoms with Gasteiger partial charge in [0, 0.05) is 6.20 Å². The van der Waals surface area contributed by atoms with Gasteiger partial charge in [0.25, 0.3) is 5.84 Å². The zero-order chi connectivity index (χ0) is 14.5. The lowest BCUT2D eigenvalue weighted by Crippen LogP contribution is -3.00. The van der Waals surface area contributed by atoms with Gasteiger partial charge in [-0.1, -0.05) is 36.4 Å². The van der Waals surface area contributed by atoms with Crippen LogP contribution < -0.4 is 28.5 Å². The first-order chi connectivity index (χ1) is 10.9. The summed E-state index contributed by atoms with van der Waals surface area (Å²) in [6.45, 7) is 0.795. The highest BCUT2D eigenvalue weighted by atomic mass is 127. The molecule has 1 aromatic heterocycles. The molecule has 0 saturated carbocycles. The number of rotatable bonds is 0. The first-order valence-corrected chi connectivity index (χ1v) is 7.44. The van der Waals surface area contributed by atoms with Crippen molar-refractivity contribution in [2.75, 3.05) is 0 Å². The number of hydrogen-bond donors (Lipinski definition) is 0. The van der Waals surface area contributed by atoms with Gasteiger partial charge >= 0.3 is 5.82 Å². The smallest absolute Gasteiger partial charge is 0.335 e. The molecule has 0 saturated heterocycles. The minimum atomic E-state index is 0. The van der Waals surface area contributed by atoms with Gasteiger partial charge in [0.05, 0.1) is 17.1 Å². The van der Waals surface area contributed by atoms with E-state index in [1.807, 2.05) is 0 Å². The lowest BCUT2D eigenvalue weighted by Gasteiger charge is -2.26. The van der Waals surface area contributed by atoms with Crippen molar-refractivity contribution in [2.24, 2.45) is 4.99 Å². The molecule has 0 atom stereocenters. The fourth-order valence-electron chi connectivity index (χ4n) is 3.22. The standard InChI is InChI=1S/C19H14N3.HI/c1-3-7-16-14(5-1)9-11-21-13-22-12-10-15-6-2-4-8-17(15)19(22)20-18(16)21;/h1-12H,13H2;1H/q+1;/p-1. The predicted molar refractivity (Wildman–Crippen MR) is 87.7 cm³/mol. The van der Waals surface area contributed by atoms with Crippen LogP contribution >= 0.6 is 0 Å². The number of fused-ring (bicyclic) bond motifs is 6. The van der Waals surface area contributed by atoms with Gasteiger partial charge in [0.1, 0.15) is 0 Å². The molecule has 0 unspecified atom stereocenters. The number of hydrogen-bond acceptors (Lipinski definition) is 2. The third-order valence-corrected chi connectivity index (χ3v) is 4.33. The van der Waals surface area contributed by atoms with Gasteiger partial charge in [-0.25, -0.2) is 4.57 Å². The predicted octanol–water partition coefficient (Wildman–Crippen LogP) is 0.467. The van der Waals surface area contributed by atoms with E-state index < -0.39 is 0 Å². The largest absolute Gasteiger partial charge is 1.00 e. The fraction of sp³-hybridized carbons (Fsp3) is 0.0526. The molecule has 3 heterocycles. The average molecular weight is 411 g/mol. The summed E-state index contributed by atoms with van der Waals surface area (Å²) in [5.74, 6) is 2.07. The van der Waals surface area contributed by atoms with Gasteiger partial charge in [-0.05, 0) is 40.2 Å². The molecule has 112 valence electrons. The van der Waals surface area contributed by atoms with E-state index in [1.54, 1.807) is 0 Å². The summed E-state index contributed by atoms with van der Waals surface area (Å²) in [6, 6.07) is 19.0. The molecule has 3 nitrogen and oxygen atoms in total. The van der Waals surface area contributed by atoms with E-state index in [9.17, 15) is 0 Å². The molecule has 0 bridgehead atoms. The van der Waals surface area contributed by atoms with E-state index in [0.29, 0.717) is 0 Å². The summed E-state index contributed by atoms with van der Waals surface area (Å²) in [6.07, 6.45) is 6.39. The van der Waals surface area contributed by atoms with E-state index in [-0.39, 0.29) is 24.0 Å². The Morgan fingerprint density at radius 3 is 2.74 bits per heavy atom. The second-order valence-corrected chi connectivity index (χ2v) is 5.65. The molecule has 0 aliphatic carbocycles. The van der Waals surface area contributed by atoms with Gasteiger partial charge in [0.2, 0.25) is 0 Å². The maximum Gasteiger partial charge on any atom is 0.335 e. The van der Waals surface area contributed by atoms with E-state index in [2.05, 4.69) is 82.5 Å². The van der Waals surface area contributed by atoms with Crippen molar-refractivity contribution in [3.8, 4) is 0 Å². The Kier molecular flexibility index (Phi) is 3.41. The summed E-state index contributed by atoms with van der Waals surface area (Å²) < 4.78 is 2.20. The minimum absolute atomic E-state index is 0. The van der Waals surface area contributed by atoms with Crippen LogP contribution in [0, 0.1) is 0 Å². The summed E-state index contributed by atoms with van der Waals surface area (Å²) in [5.41, 5.74) is 2.43. The Hall–Kier alpha value is -2.21. The molecule has 0 fully saturated rings. The van der Waals surface area contributed by atoms with Crippen LogP contribution in [0.25, 0.3) is 16.8 Å². The Labute approximate surface area is 151 Å². The first kappa shape index (κ1) is 14.4. The first-order valence-electron chi connectivity index (χ1n) is 7.44. The fourth-order valence-corrected chi connectivity index (χ4v) is 3.22. The maximum absolute atomic E-state index is 4.99. The zero-order valence-electron chi connectivity index (χ0n) is 12.4. The molecule has 2 aliphatic rings. The van der Waals surface area contributed by atoms with Crippen LogP contribution in [0.5, 0.6) is 0 Å². The molecular formula is C19H14IN3. The molecule has 0 N–H and O–H groups in total. The molecule has 3 aromatic rings. The van der Waals surface area contributed by atoms with Crippen molar-refractivity contribution >= 4 is 28.5 Å². The third-order valence-electron chi connectivity index (χ3n) is 4.33. The SMILES string of the molecule is C1=CN2C[n+]3ccc4ccccc4c3N=C2c2ccccc21.[I-]. The number of benzene rings is 2. The Bertz CT molecular complexity index is 975. The van der Waals surface area contributed by atoms with Gasteiger partial charge in [0.15, 0.2) is 6.67 Å². The van der Waals surface area contributed by atoms with E-state index >= 15 is 0 Å². The van der Waals surface area contributed by atoms with E-state index in [4.69, 9.17) is 4.99 Å². The second kappa shape index (κ2) is 5.45. The van der Waals surface area contributed by atoms with Crippen LogP contribution in [0.1, 0.15) is 11.1 Å². The number of aliphatic imine (C=N–C) groups is 1. The van der Waals surface area contributed by atoms with Gasteiger partial charge < -0.3 is 24.0 Å². The summed E-state index contributed by atoms with van der Waals surface area (Å²) in [5, 5.41) is 2.43. The van der Waals surface area contributed by atoms with Crippen molar-refractivity contribution in [2.45, 2.75) is 6.67 Å². The average Bonchev–Trinajstić information content (AvgIpc) is 2.60. The van der Waals surface area contributed by atoms with E-state index in [1.165, 1.54) is 21.9 Å². The molecule has 0 radical (unpaired) electrons. The van der Waals surface area contributed by atoms with Gasteiger partial charge in [-0.3, -0.25) is 4.90 Å². The monoisotopic (exact) mass is 411 g/mol. The van der Waals surface area contributed by atoms with Crippen LogP contribution in [-0.2, 0) is 6.67 Å². The highest BCUT2D eigenvalue weighted by Crippen LogP contribution is 2.29. The second-order valence-electron chi connectivity index (χ2n) is 5.65. The highest BCUT2D eigenvalue weighted by Gasteiger charge is 2.31. The molecule has 0 spiro atoms. The maximum atomic E-state index is 4.99. The topological polar surface area (TPSA) is 19.5 Å². The third kappa shape index (κ3) is 2.16. The number of pyridine rings is 1. The minimum Gasteiger partial charge on any atom is -1.00 e. The quantitative estimate of drug-likeness (QED) is 0.389. The normalized spacial score (nSPS) is 14.4. The molecule has 23 heavy (non-hydrogen) atoms. The molecule has 2 aliphatic heterocycles. The lowest BCUT2D eigenvalue weighted by molar-refractivity contribution is -0.699. The van der Waals surface area contributed by atoms with Crippen LogP contribution in [0.4, 0.5) is 5.82 Å². The van der Waals surface area contributed by atoms with Crippen molar-refractivity contribution in [1.82, 2.24) is 4.90 Å². The van der Waals surface area contributed by atoms with Gasteiger partial charge in [-0.2, -0.15) is 0 Å². The number of nitrogens with zero attached hydrogens (tertiary/aromatic N) is 3. The molecule has 5 rings (SSSR count). The van der Waals surface area contributed by atoms with Crippen molar-refractivity contribution in [3.63, 3.8) is 0 Å². The Balaban J connectivity index is 0.00000135. The zero-order valence-corrected chi connectivity index (χ0v) is 14.5. The Morgan fingerprint density at radius 1 is 0.957 bits per heavy atom. The molecule has 4 heteroatoms. The van der Waals surface area contributed by atoms with Gasteiger partial charge in [-0.15, -0.1) is 0 Å². The van der Waals surface area contributed by atoms with Crippen LogP contribution in [0.3, 0.4) is 0 Å². The van der Waals surface area contributed by atoms with Crippen LogP contribution in [0.15, 0.2) is 72.0 Å². The summed E-state index contributed by atoms with van der Waals surface area (Å²) in [4.78, 5) is 7.19. The van der Waals surface area contributed by atoms with Crippen molar-refractivity contribution in [3.05, 3.63) is 78.1 Å². The van der Waals surface area contributed by atoms with Crippen molar-refractivity contribution < 1.29 is 28.5 Å². The summed E-state index contributed by atoms with van der Waals surface area (Å²) in [7, 11) is 0. The van der Waals surface area contributed by atoms with Crippen molar-refractivity contribution in [1.29, 1.82) is 0 Å². The summed E-state index contributed by atoms with van der Waals surface area (Å²) >= 11 is 0. The lowest BCUT2D eigenvalue weighted by atomic mass is 10.0. The number of aromatic nitrogens is 1. The van der Waals surface area contributed by atoms with Crippen LogP contribution in [0.2, 0.25) is 0 Å². The molecular weight excluding hydrogens is 397 g/mol. The van der Waals surface area contributed by atoms with Crippen LogP contribution in [-0.4, -0.2) is 10.7 Å². The highest BCUT2D eigenvalue weighted by molar-refractivity contribution is 6.06. The number of amidine groups is 1. The Morgan fingerprint density at radius 2 is 1.78 bits per heavy atom. The van der Waals surface area contributed by atoms with E-state index in [0.717, 1.165) is 18.3 Å². The molecule has 0 amide bonds. The molecule has 2 aromatic carbocycles. The number of halogens is 1.